The Kier molecular flexibility index (Phi) is 4.26. The molecule has 2 rings (SSSR count). The molecule has 22 heavy (non-hydrogen) atoms. The fourth-order valence-electron chi connectivity index (χ4n) is 2.78. The van der Waals surface area contributed by atoms with Gasteiger partial charge in [0.2, 0.25) is 5.91 Å². The number of alkyl halides is 3. The molecule has 0 radical (unpaired) electrons. The van der Waals surface area contributed by atoms with Crippen molar-refractivity contribution in [3.05, 3.63) is 35.4 Å². The van der Waals surface area contributed by atoms with Crippen LogP contribution >= 0.6 is 0 Å². The van der Waals surface area contributed by atoms with E-state index in [1.807, 2.05) is 13.8 Å². The maximum atomic E-state index is 13.7. The van der Waals surface area contributed by atoms with Crippen molar-refractivity contribution in [2.45, 2.75) is 45.8 Å². The first-order valence-electron chi connectivity index (χ1n) is 7.27. The molecule has 3 nitrogen and oxygen atoms in total. The smallest absolute Gasteiger partial charge is 0.287 e. The molecule has 1 saturated heterocycles. The van der Waals surface area contributed by atoms with Crippen molar-refractivity contribution >= 4 is 5.91 Å². The molecule has 1 fully saturated rings. The van der Waals surface area contributed by atoms with Crippen LogP contribution in [-0.4, -0.2) is 23.6 Å². The van der Waals surface area contributed by atoms with Crippen LogP contribution in [0.3, 0.4) is 0 Å². The number of halogens is 3. The van der Waals surface area contributed by atoms with Gasteiger partial charge >= 0.3 is 6.18 Å². The number of carbonyl (C=O) groups excluding carboxylic acids is 1. The Morgan fingerprint density at radius 3 is 2.14 bits per heavy atom. The number of rotatable bonds is 3. The fourth-order valence-corrected chi connectivity index (χ4v) is 2.78. The summed E-state index contributed by atoms with van der Waals surface area (Å²) in [5.74, 6) is -0.420. The minimum atomic E-state index is -4.47. The summed E-state index contributed by atoms with van der Waals surface area (Å²) in [6.07, 6.45) is -4.47. The minimum absolute atomic E-state index is 0.0163. The molecule has 1 aliphatic rings. The van der Waals surface area contributed by atoms with Gasteiger partial charge in [0.1, 0.15) is 6.04 Å². The molecule has 1 aromatic rings. The van der Waals surface area contributed by atoms with Crippen molar-refractivity contribution in [3.63, 3.8) is 0 Å². The number of hydrazine groups is 1. The zero-order valence-electron chi connectivity index (χ0n) is 13.2. The average molecular weight is 314 g/mol. The second-order valence-corrected chi connectivity index (χ2v) is 6.68. The highest BCUT2D eigenvalue weighted by molar-refractivity contribution is 5.83. The highest BCUT2D eigenvalue weighted by Crippen LogP contribution is 2.42. The van der Waals surface area contributed by atoms with Crippen LogP contribution in [-0.2, 0) is 4.79 Å². The summed E-state index contributed by atoms with van der Waals surface area (Å²) in [4.78, 5) is 11.9. The summed E-state index contributed by atoms with van der Waals surface area (Å²) >= 11 is 0. The van der Waals surface area contributed by atoms with E-state index in [-0.39, 0.29) is 23.9 Å². The second kappa shape index (κ2) is 5.57. The number of hydrogen-bond acceptors (Lipinski definition) is 2. The number of amides is 1. The Labute approximate surface area is 128 Å². The van der Waals surface area contributed by atoms with E-state index < -0.39 is 17.6 Å². The van der Waals surface area contributed by atoms with Gasteiger partial charge in [-0.2, -0.15) is 13.2 Å². The molecular formula is C16H21F3N2O. The second-order valence-electron chi connectivity index (χ2n) is 6.68. The summed E-state index contributed by atoms with van der Waals surface area (Å²) in [7, 11) is 0. The minimum Gasteiger partial charge on any atom is -0.287 e. The molecule has 0 aromatic heterocycles. The third-order valence-corrected chi connectivity index (χ3v) is 3.96. The maximum Gasteiger partial charge on any atom is 0.409 e. The van der Waals surface area contributed by atoms with Gasteiger partial charge < -0.3 is 0 Å². The van der Waals surface area contributed by atoms with E-state index >= 15 is 0 Å². The predicted molar refractivity (Wildman–Crippen MR) is 78.0 cm³/mol. The molecule has 0 unspecified atom stereocenters. The molecule has 0 aliphatic carbocycles. The van der Waals surface area contributed by atoms with Gasteiger partial charge in [0.15, 0.2) is 0 Å². The molecule has 1 heterocycles. The molecule has 122 valence electrons. The molecule has 0 spiro atoms. The first kappa shape index (κ1) is 16.8. The number of nitrogens with zero attached hydrogens (tertiary/aromatic N) is 1. The van der Waals surface area contributed by atoms with E-state index in [4.69, 9.17) is 0 Å². The Bertz CT molecular complexity index is 567. The fraction of sp³-hybridized carbons (Fsp3) is 0.562. The van der Waals surface area contributed by atoms with Gasteiger partial charge in [-0.3, -0.25) is 10.2 Å². The lowest BCUT2D eigenvalue weighted by Gasteiger charge is -2.31. The van der Waals surface area contributed by atoms with Crippen LogP contribution in [0.5, 0.6) is 0 Å². The molecule has 1 aliphatic heterocycles. The Balaban J connectivity index is 2.48. The van der Waals surface area contributed by atoms with Crippen LogP contribution < -0.4 is 5.43 Å². The lowest BCUT2D eigenvalue weighted by molar-refractivity contribution is -0.191. The summed E-state index contributed by atoms with van der Waals surface area (Å²) in [6, 6.07) is 4.70. The van der Waals surface area contributed by atoms with Gasteiger partial charge in [-0.15, -0.1) is 0 Å². The van der Waals surface area contributed by atoms with Crippen LogP contribution in [0, 0.1) is 5.41 Å². The van der Waals surface area contributed by atoms with E-state index in [0.717, 1.165) is 5.01 Å². The van der Waals surface area contributed by atoms with E-state index in [9.17, 15) is 18.0 Å². The lowest BCUT2D eigenvalue weighted by atomic mass is 9.90. The summed E-state index contributed by atoms with van der Waals surface area (Å²) in [5.41, 5.74) is 2.39. The monoisotopic (exact) mass is 314 g/mol. The number of nitrogens with one attached hydrogen (secondary N) is 1. The number of carbonyl (C=O) groups is 1. The van der Waals surface area contributed by atoms with Crippen LogP contribution in [0.2, 0.25) is 0 Å². The molecule has 1 amide bonds. The van der Waals surface area contributed by atoms with Crippen LogP contribution in [0.1, 0.15) is 50.8 Å². The maximum absolute atomic E-state index is 13.7. The SMILES string of the molecule is CC(C)c1ccccc1[C@H](N1CC(C)(C)C(=O)N1)C(F)(F)F. The molecule has 6 heteroatoms. The largest absolute Gasteiger partial charge is 0.409 e. The predicted octanol–water partition coefficient (Wildman–Crippen LogP) is 3.79. The van der Waals surface area contributed by atoms with Crippen LogP contribution in [0.25, 0.3) is 0 Å². The molecule has 0 bridgehead atoms. The van der Waals surface area contributed by atoms with Gasteiger partial charge in [0.05, 0.1) is 5.41 Å². The number of hydrogen-bond donors (Lipinski definition) is 1. The summed E-state index contributed by atoms with van der Waals surface area (Å²) < 4.78 is 41.1. The zero-order chi connectivity index (χ0) is 16.7. The molecule has 1 N–H and O–H groups in total. The van der Waals surface area contributed by atoms with E-state index in [2.05, 4.69) is 5.43 Å². The molecule has 0 saturated carbocycles. The standard InChI is InChI=1S/C16H21F3N2O/c1-10(2)11-7-5-6-8-12(11)13(16(17,18)19)21-9-15(3,4)14(22)20-21/h5-8,10,13H,9H2,1-4H3,(H,20,22)/t13-/m0/s1. The van der Waals surface area contributed by atoms with Gasteiger partial charge in [-0.1, -0.05) is 38.1 Å². The van der Waals surface area contributed by atoms with Crippen LogP contribution in [0.15, 0.2) is 24.3 Å². The van der Waals surface area contributed by atoms with Gasteiger partial charge in [-0.05, 0) is 30.9 Å². The van der Waals surface area contributed by atoms with Crippen molar-refractivity contribution in [2.24, 2.45) is 5.41 Å². The Morgan fingerprint density at radius 2 is 1.73 bits per heavy atom. The van der Waals surface area contributed by atoms with Gasteiger partial charge in [0.25, 0.3) is 0 Å². The highest BCUT2D eigenvalue weighted by atomic mass is 19.4. The van der Waals surface area contributed by atoms with Crippen LogP contribution in [0.4, 0.5) is 13.2 Å². The third kappa shape index (κ3) is 3.11. The topological polar surface area (TPSA) is 32.3 Å². The van der Waals surface area contributed by atoms with E-state index in [0.29, 0.717) is 5.56 Å². The third-order valence-electron chi connectivity index (χ3n) is 3.96. The van der Waals surface area contributed by atoms with Crippen molar-refractivity contribution in [1.29, 1.82) is 0 Å². The first-order chi connectivity index (χ1) is 10.0. The van der Waals surface area contributed by atoms with Crippen molar-refractivity contribution in [1.82, 2.24) is 10.4 Å². The van der Waals surface area contributed by atoms with E-state index in [1.54, 1.807) is 32.0 Å². The summed E-state index contributed by atoms with van der Waals surface area (Å²) in [5, 5.41) is 1.02. The molecular weight excluding hydrogens is 293 g/mol. The summed E-state index contributed by atoms with van der Waals surface area (Å²) in [6.45, 7) is 7.02. The normalized spacial score (nSPS) is 20.3. The highest BCUT2D eigenvalue weighted by Gasteiger charge is 2.51. The lowest BCUT2D eigenvalue weighted by Crippen LogP contribution is -2.44. The van der Waals surface area contributed by atoms with Crippen molar-refractivity contribution < 1.29 is 18.0 Å². The van der Waals surface area contributed by atoms with Gasteiger partial charge in [0, 0.05) is 6.54 Å². The Hall–Kier alpha value is -1.56. The van der Waals surface area contributed by atoms with E-state index in [1.165, 1.54) is 6.07 Å². The average Bonchev–Trinajstić information content (AvgIpc) is 2.62. The number of benzene rings is 1. The Morgan fingerprint density at radius 1 is 1.18 bits per heavy atom. The first-order valence-corrected chi connectivity index (χ1v) is 7.27. The zero-order valence-corrected chi connectivity index (χ0v) is 13.2. The van der Waals surface area contributed by atoms with Crippen molar-refractivity contribution in [2.75, 3.05) is 6.54 Å². The molecule has 1 atom stereocenters. The quantitative estimate of drug-likeness (QED) is 0.920. The molecule has 1 aromatic carbocycles. The van der Waals surface area contributed by atoms with Crippen molar-refractivity contribution in [3.8, 4) is 0 Å². The van der Waals surface area contributed by atoms with Gasteiger partial charge in [-0.25, -0.2) is 5.01 Å².